The van der Waals surface area contributed by atoms with E-state index in [1.54, 1.807) is 6.20 Å². The van der Waals surface area contributed by atoms with Gasteiger partial charge in [-0.25, -0.2) is 4.39 Å². The van der Waals surface area contributed by atoms with Crippen LogP contribution >= 0.6 is 11.8 Å². The first kappa shape index (κ1) is 13.1. The quantitative estimate of drug-likeness (QED) is 0.667. The van der Waals surface area contributed by atoms with Gasteiger partial charge in [-0.2, -0.15) is 0 Å². The number of pyridine rings is 1. The normalized spacial score (nSPS) is 11.3. The molecule has 0 radical (unpaired) electrons. The summed E-state index contributed by atoms with van der Waals surface area (Å²) < 4.78 is 14.0. The van der Waals surface area contributed by atoms with E-state index in [0.29, 0.717) is 22.0 Å². The Morgan fingerprint density at radius 1 is 1.44 bits per heavy atom. The Hall–Kier alpha value is -1.29. The molecule has 2 N–H and O–H groups in total. The highest BCUT2D eigenvalue weighted by molar-refractivity contribution is 7.99. The third-order valence-electron chi connectivity index (χ3n) is 2.77. The highest BCUT2D eigenvalue weighted by atomic mass is 32.2. The molecule has 0 fully saturated rings. The van der Waals surface area contributed by atoms with Crippen LogP contribution in [0.4, 0.5) is 10.1 Å². The van der Waals surface area contributed by atoms with E-state index in [0.717, 1.165) is 17.6 Å². The molecule has 0 bridgehead atoms. The van der Waals surface area contributed by atoms with E-state index in [2.05, 4.69) is 18.8 Å². The molecule has 0 saturated carbocycles. The Labute approximate surface area is 111 Å². The van der Waals surface area contributed by atoms with Gasteiger partial charge in [-0.1, -0.05) is 13.8 Å². The van der Waals surface area contributed by atoms with E-state index < -0.39 is 0 Å². The predicted octanol–water partition coefficient (Wildman–Crippen LogP) is 4.09. The van der Waals surface area contributed by atoms with E-state index >= 15 is 0 Å². The van der Waals surface area contributed by atoms with E-state index in [1.807, 2.05) is 12.1 Å². The second-order valence-electron chi connectivity index (χ2n) is 4.71. The summed E-state index contributed by atoms with van der Waals surface area (Å²) in [7, 11) is 0. The molecule has 1 aromatic carbocycles. The topological polar surface area (TPSA) is 38.9 Å². The van der Waals surface area contributed by atoms with Gasteiger partial charge in [0.05, 0.1) is 10.4 Å². The molecule has 2 aromatic rings. The fraction of sp³-hybridized carbons (Fsp3) is 0.357. The summed E-state index contributed by atoms with van der Waals surface area (Å²) in [5.41, 5.74) is 6.93. The maximum absolute atomic E-state index is 14.0. The number of fused-ring (bicyclic) bond motifs is 1. The number of anilines is 1. The number of rotatable bonds is 4. The molecule has 0 unspecified atom stereocenters. The Kier molecular flexibility index (Phi) is 4.07. The lowest BCUT2D eigenvalue weighted by Gasteiger charge is -2.10. The summed E-state index contributed by atoms with van der Waals surface area (Å²) in [5.74, 6) is 1.24. The van der Waals surface area contributed by atoms with E-state index in [9.17, 15) is 4.39 Å². The van der Waals surface area contributed by atoms with Crippen LogP contribution in [0.1, 0.15) is 20.3 Å². The van der Waals surface area contributed by atoms with Gasteiger partial charge in [0.2, 0.25) is 0 Å². The van der Waals surface area contributed by atoms with Crippen LogP contribution in [0.15, 0.2) is 29.3 Å². The number of halogens is 1. The molecule has 0 saturated heterocycles. The third kappa shape index (κ3) is 2.75. The van der Waals surface area contributed by atoms with Crippen LogP contribution in [0.5, 0.6) is 0 Å². The van der Waals surface area contributed by atoms with Crippen molar-refractivity contribution in [2.45, 2.75) is 25.2 Å². The van der Waals surface area contributed by atoms with Gasteiger partial charge in [0.1, 0.15) is 5.82 Å². The fourth-order valence-electron chi connectivity index (χ4n) is 1.75. The molecule has 1 heterocycles. The van der Waals surface area contributed by atoms with Gasteiger partial charge in [-0.3, -0.25) is 4.98 Å². The lowest BCUT2D eigenvalue weighted by molar-refractivity contribution is 0.604. The molecule has 0 amide bonds. The Balaban J connectivity index is 2.37. The average molecular weight is 264 g/mol. The van der Waals surface area contributed by atoms with Gasteiger partial charge in [0.25, 0.3) is 0 Å². The van der Waals surface area contributed by atoms with Crippen LogP contribution in [0, 0.1) is 11.7 Å². The Morgan fingerprint density at radius 2 is 2.22 bits per heavy atom. The molecular formula is C14H17FN2S. The van der Waals surface area contributed by atoms with Crippen LogP contribution in [-0.2, 0) is 0 Å². The third-order valence-corrected chi connectivity index (χ3v) is 3.89. The monoisotopic (exact) mass is 264 g/mol. The first-order valence-corrected chi connectivity index (χ1v) is 7.03. The first-order valence-electron chi connectivity index (χ1n) is 6.05. The first-order chi connectivity index (χ1) is 8.59. The van der Waals surface area contributed by atoms with Gasteiger partial charge in [0, 0.05) is 17.3 Å². The average Bonchev–Trinajstić information content (AvgIpc) is 2.33. The smallest absolute Gasteiger partial charge is 0.141 e. The SMILES string of the molecule is CC(C)CCSc1c(F)cc(N)c2cccnc12. The summed E-state index contributed by atoms with van der Waals surface area (Å²) in [6.07, 6.45) is 2.73. The van der Waals surface area contributed by atoms with Crippen LogP contribution < -0.4 is 5.73 Å². The zero-order valence-corrected chi connectivity index (χ0v) is 11.4. The van der Waals surface area contributed by atoms with E-state index in [-0.39, 0.29) is 5.82 Å². The fourth-order valence-corrected chi connectivity index (χ4v) is 3.04. The van der Waals surface area contributed by atoms with Crippen molar-refractivity contribution in [1.29, 1.82) is 0 Å². The summed E-state index contributed by atoms with van der Waals surface area (Å²) in [4.78, 5) is 4.87. The van der Waals surface area contributed by atoms with Gasteiger partial charge in [-0.15, -0.1) is 11.8 Å². The molecule has 2 nitrogen and oxygen atoms in total. The van der Waals surface area contributed by atoms with Crippen LogP contribution in [-0.4, -0.2) is 10.7 Å². The maximum atomic E-state index is 14.0. The maximum Gasteiger partial charge on any atom is 0.141 e. The van der Waals surface area contributed by atoms with Gasteiger partial charge in [0.15, 0.2) is 0 Å². The predicted molar refractivity (Wildman–Crippen MR) is 76.3 cm³/mol. The molecule has 0 atom stereocenters. The van der Waals surface area contributed by atoms with Crippen LogP contribution in [0.3, 0.4) is 0 Å². The van der Waals surface area contributed by atoms with Crippen molar-refractivity contribution in [2.75, 3.05) is 11.5 Å². The standard InChI is InChI=1S/C14H17FN2S/c1-9(2)5-7-18-14-11(15)8-12(16)10-4-3-6-17-13(10)14/h3-4,6,8-9H,5,7,16H2,1-2H3. The van der Waals surface area contributed by atoms with Crippen molar-refractivity contribution >= 4 is 28.4 Å². The number of aromatic nitrogens is 1. The summed E-state index contributed by atoms with van der Waals surface area (Å²) in [5, 5.41) is 0.825. The summed E-state index contributed by atoms with van der Waals surface area (Å²) in [6.45, 7) is 4.33. The molecule has 0 aliphatic rings. The van der Waals surface area contributed by atoms with Crippen molar-refractivity contribution in [2.24, 2.45) is 5.92 Å². The van der Waals surface area contributed by atoms with Gasteiger partial charge >= 0.3 is 0 Å². The van der Waals surface area contributed by atoms with E-state index in [4.69, 9.17) is 5.73 Å². The Morgan fingerprint density at radius 3 is 2.94 bits per heavy atom. The zero-order valence-electron chi connectivity index (χ0n) is 10.6. The number of benzene rings is 1. The minimum absolute atomic E-state index is 0.271. The molecule has 1 aromatic heterocycles. The molecule has 18 heavy (non-hydrogen) atoms. The molecular weight excluding hydrogens is 247 g/mol. The van der Waals surface area contributed by atoms with Crippen molar-refractivity contribution in [1.82, 2.24) is 4.98 Å². The number of thioether (sulfide) groups is 1. The lowest BCUT2D eigenvalue weighted by atomic mass is 10.2. The zero-order chi connectivity index (χ0) is 13.1. The second kappa shape index (κ2) is 5.57. The summed E-state index contributed by atoms with van der Waals surface area (Å²) >= 11 is 1.52. The van der Waals surface area contributed by atoms with E-state index in [1.165, 1.54) is 17.8 Å². The van der Waals surface area contributed by atoms with Crippen LogP contribution in [0.25, 0.3) is 10.9 Å². The van der Waals surface area contributed by atoms with Crippen molar-refractivity contribution in [3.05, 3.63) is 30.2 Å². The molecule has 0 spiro atoms. The number of nitrogen functional groups attached to an aromatic ring is 1. The van der Waals surface area contributed by atoms with Crippen LogP contribution in [0.2, 0.25) is 0 Å². The number of hydrogen-bond donors (Lipinski definition) is 1. The molecule has 4 heteroatoms. The van der Waals surface area contributed by atoms with Gasteiger partial charge in [-0.05, 0) is 36.3 Å². The lowest BCUT2D eigenvalue weighted by Crippen LogP contribution is -1.96. The minimum atomic E-state index is -0.271. The van der Waals surface area contributed by atoms with Crippen molar-refractivity contribution < 1.29 is 4.39 Å². The summed E-state index contributed by atoms with van der Waals surface area (Å²) in [6, 6.07) is 5.09. The van der Waals surface area contributed by atoms with Crippen molar-refractivity contribution in [3.8, 4) is 0 Å². The molecule has 0 aliphatic carbocycles. The molecule has 96 valence electrons. The highest BCUT2D eigenvalue weighted by Crippen LogP contribution is 2.33. The molecule has 2 rings (SSSR count). The Bertz CT molecular complexity index is 555. The molecule has 0 aliphatic heterocycles. The number of hydrogen-bond acceptors (Lipinski definition) is 3. The number of nitrogens with two attached hydrogens (primary N) is 1. The van der Waals surface area contributed by atoms with Crippen molar-refractivity contribution in [3.63, 3.8) is 0 Å². The van der Waals surface area contributed by atoms with Gasteiger partial charge < -0.3 is 5.73 Å². The highest BCUT2D eigenvalue weighted by Gasteiger charge is 2.12. The minimum Gasteiger partial charge on any atom is -0.398 e. The number of nitrogens with zero attached hydrogens (tertiary/aromatic N) is 1. The largest absolute Gasteiger partial charge is 0.398 e. The second-order valence-corrected chi connectivity index (χ2v) is 5.81.